The fourth-order valence-corrected chi connectivity index (χ4v) is 5.44. The van der Waals surface area contributed by atoms with E-state index in [9.17, 15) is 22.8 Å². The molecule has 5 rings (SSSR count). The van der Waals surface area contributed by atoms with Crippen LogP contribution in [0, 0.1) is 11.3 Å². The minimum Gasteiger partial charge on any atom is -0.347 e. The lowest BCUT2D eigenvalue weighted by atomic mass is 9.56. The van der Waals surface area contributed by atoms with E-state index in [0.717, 1.165) is 37.9 Å². The van der Waals surface area contributed by atoms with Crippen LogP contribution in [0.1, 0.15) is 37.1 Å². The number of hydrogen-bond donors (Lipinski definition) is 1. The van der Waals surface area contributed by atoms with Gasteiger partial charge >= 0.3 is 12.2 Å². The predicted molar refractivity (Wildman–Crippen MR) is 94.5 cm³/mol. The van der Waals surface area contributed by atoms with Crippen LogP contribution in [0.4, 0.5) is 18.0 Å². The Morgan fingerprint density at radius 1 is 1.14 bits per heavy atom. The van der Waals surface area contributed by atoms with Crippen molar-refractivity contribution in [1.82, 2.24) is 25.1 Å². The number of alkyl halides is 3. The van der Waals surface area contributed by atoms with Crippen molar-refractivity contribution in [3.63, 3.8) is 0 Å². The number of likely N-dealkylation sites (tertiary alicyclic amines) is 2. The van der Waals surface area contributed by atoms with Crippen molar-refractivity contribution < 1.29 is 22.8 Å². The molecule has 4 aliphatic rings. The largest absolute Gasteiger partial charge is 0.451 e. The third-order valence-electron chi connectivity index (χ3n) is 6.74. The number of carbonyl (C=O) groups is 2. The van der Waals surface area contributed by atoms with E-state index in [1.54, 1.807) is 4.90 Å². The van der Waals surface area contributed by atoms with Crippen LogP contribution in [0.2, 0.25) is 0 Å². The molecule has 1 saturated carbocycles. The van der Waals surface area contributed by atoms with Crippen LogP contribution in [-0.4, -0.2) is 63.4 Å². The summed E-state index contributed by atoms with van der Waals surface area (Å²) in [5.41, 5.74) is 0.687. The number of aromatic nitrogens is 2. The summed E-state index contributed by atoms with van der Waals surface area (Å²) in [6.45, 7) is 2.67. The molecule has 3 amide bonds. The van der Waals surface area contributed by atoms with Crippen LogP contribution in [0.25, 0.3) is 0 Å². The normalized spacial score (nSPS) is 24.9. The number of nitrogens with one attached hydrogen (secondary N) is 1. The number of amides is 3. The average molecular weight is 409 g/mol. The van der Waals surface area contributed by atoms with E-state index >= 15 is 0 Å². The van der Waals surface area contributed by atoms with E-state index in [2.05, 4.69) is 15.3 Å². The molecular weight excluding hydrogens is 387 g/mol. The van der Waals surface area contributed by atoms with Crippen LogP contribution in [0.5, 0.6) is 0 Å². The molecule has 0 unspecified atom stereocenters. The van der Waals surface area contributed by atoms with Crippen LogP contribution in [0.15, 0.2) is 12.4 Å². The molecule has 2 spiro atoms. The van der Waals surface area contributed by atoms with Gasteiger partial charge in [-0.05, 0) is 37.2 Å². The molecule has 0 bridgehead atoms. The van der Waals surface area contributed by atoms with E-state index in [0.29, 0.717) is 31.8 Å². The first-order chi connectivity index (χ1) is 13.7. The second-order valence-corrected chi connectivity index (χ2v) is 9.21. The maximum absolute atomic E-state index is 12.6. The molecule has 0 aromatic carbocycles. The van der Waals surface area contributed by atoms with Gasteiger partial charge in [0.1, 0.15) is 0 Å². The lowest BCUT2D eigenvalue weighted by molar-refractivity contribution is -0.145. The number of nitrogens with zero attached hydrogens (tertiary/aromatic N) is 4. The summed E-state index contributed by atoms with van der Waals surface area (Å²) in [5.74, 6) is -0.642. The number of urea groups is 1. The lowest BCUT2D eigenvalue weighted by Gasteiger charge is -2.61. The first-order valence-corrected chi connectivity index (χ1v) is 9.89. The molecule has 3 saturated heterocycles. The summed E-state index contributed by atoms with van der Waals surface area (Å²) in [5, 5.41) is 2.98. The minimum absolute atomic E-state index is 0.0435. The highest BCUT2D eigenvalue weighted by molar-refractivity contribution is 5.82. The van der Waals surface area contributed by atoms with Gasteiger partial charge < -0.3 is 15.1 Å². The summed E-state index contributed by atoms with van der Waals surface area (Å²) in [4.78, 5) is 34.5. The molecule has 1 aromatic heterocycles. The van der Waals surface area contributed by atoms with Crippen LogP contribution >= 0.6 is 0 Å². The third-order valence-corrected chi connectivity index (χ3v) is 6.74. The standard InChI is InChI=1S/C19H22F3N5O2/c20-19(21,22)15-23-6-13(7-24-15)3-12-4-17(5-12)8-26(9-17)16(29)27-10-18(11-27)2-1-14(28)25-18/h6-7,12H,1-5,8-11H2,(H,25,28). The molecule has 10 heteroatoms. The van der Waals surface area contributed by atoms with Crippen molar-refractivity contribution in [3.8, 4) is 0 Å². The number of carbonyl (C=O) groups excluding carboxylic acids is 2. The summed E-state index contributed by atoms with van der Waals surface area (Å²) < 4.78 is 37.6. The Kier molecular flexibility index (Phi) is 3.89. The third kappa shape index (κ3) is 3.22. The molecule has 29 heavy (non-hydrogen) atoms. The van der Waals surface area contributed by atoms with Crippen molar-refractivity contribution >= 4 is 11.9 Å². The smallest absolute Gasteiger partial charge is 0.347 e. The number of rotatable bonds is 2. The SMILES string of the molecule is O=C1CCC2(CN(C(=O)N3CC4(CC(Cc5cnc(C(F)(F)F)nc5)C4)C3)C2)N1. The van der Waals surface area contributed by atoms with E-state index in [-0.39, 0.29) is 22.9 Å². The average Bonchev–Trinajstić information content (AvgIpc) is 2.96. The minimum atomic E-state index is -4.51. The highest BCUT2D eigenvalue weighted by Gasteiger charge is 2.56. The molecule has 3 aliphatic heterocycles. The van der Waals surface area contributed by atoms with Gasteiger partial charge in [-0.1, -0.05) is 0 Å². The fraction of sp³-hybridized carbons (Fsp3) is 0.684. The fourth-order valence-electron chi connectivity index (χ4n) is 5.44. The van der Waals surface area contributed by atoms with Crippen molar-refractivity contribution in [3.05, 3.63) is 23.8 Å². The molecule has 7 nitrogen and oxygen atoms in total. The van der Waals surface area contributed by atoms with Crippen molar-refractivity contribution in [2.24, 2.45) is 11.3 Å². The second kappa shape index (κ2) is 6.06. The van der Waals surface area contributed by atoms with E-state index in [4.69, 9.17) is 0 Å². The van der Waals surface area contributed by atoms with E-state index in [1.807, 2.05) is 4.90 Å². The molecule has 4 fully saturated rings. The van der Waals surface area contributed by atoms with Crippen molar-refractivity contribution in [1.29, 1.82) is 0 Å². The Morgan fingerprint density at radius 2 is 1.76 bits per heavy atom. The molecule has 156 valence electrons. The maximum Gasteiger partial charge on any atom is 0.451 e. The zero-order chi connectivity index (χ0) is 20.4. The molecule has 1 aliphatic carbocycles. The molecular formula is C19H22F3N5O2. The lowest BCUT2D eigenvalue weighted by Crippen LogP contribution is -2.73. The second-order valence-electron chi connectivity index (χ2n) is 9.21. The van der Waals surface area contributed by atoms with Crippen LogP contribution < -0.4 is 5.32 Å². The van der Waals surface area contributed by atoms with Crippen LogP contribution in [-0.2, 0) is 17.4 Å². The van der Waals surface area contributed by atoms with Gasteiger partial charge in [0.2, 0.25) is 11.7 Å². The molecule has 4 heterocycles. The number of hydrogen-bond acceptors (Lipinski definition) is 4. The van der Waals surface area contributed by atoms with Gasteiger partial charge in [-0.2, -0.15) is 13.2 Å². The monoisotopic (exact) mass is 409 g/mol. The van der Waals surface area contributed by atoms with E-state index in [1.165, 1.54) is 12.4 Å². The summed E-state index contributed by atoms with van der Waals surface area (Å²) in [7, 11) is 0. The van der Waals surface area contributed by atoms with Gasteiger partial charge in [0.15, 0.2) is 0 Å². The van der Waals surface area contributed by atoms with Gasteiger partial charge in [0.25, 0.3) is 0 Å². The van der Waals surface area contributed by atoms with Gasteiger partial charge in [-0.3, -0.25) is 4.79 Å². The molecule has 0 radical (unpaired) electrons. The van der Waals surface area contributed by atoms with Crippen LogP contribution in [0.3, 0.4) is 0 Å². The van der Waals surface area contributed by atoms with E-state index < -0.39 is 12.0 Å². The first kappa shape index (κ1) is 18.6. The molecule has 0 atom stereocenters. The Balaban J connectivity index is 1.06. The highest BCUT2D eigenvalue weighted by atomic mass is 19.4. The quantitative estimate of drug-likeness (QED) is 0.809. The zero-order valence-corrected chi connectivity index (χ0v) is 15.8. The predicted octanol–water partition coefficient (Wildman–Crippen LogP) is 1.83. The number of halogens is 3. The first-order valence-electron chi connectivity index (χ1n) is 9.89. The van der Waals surface area contributed by atoms with Gasteiger partial charge in [-0.15, -0.1) is 0 Å². The van der Waals surface area contributed by atoms with Crippen molar-refractivity contribution in [2.75, 3.05) is 26.2 Å². The Hall–Kier alpha value is -2.39. The summed E-state index contributed by atoms with van der Waals surface area (Å²) in [6, 6.07) is 0.0435. The maximum atomic E-state index is 12.6. The topological polar surface area (TPSA) is 78.4 Å². The summed E-state index contributed by atoms with van der Waals surface area (Å²) in [6.07, 6.45) is 1.96. The summed E-state index contributed by atoms with van der Waals surface area (Å²) >= 11 is 0. The Bertz CT molecular complexity index is 836. The highest BCUT2D eigenvalue weighted by Crippen LogP contribution is 2.53. The molecule has 1 N–H and O–H groups in total. The molecule has 1 aromatic rings. The van der Waals surface area contributed by atoms with Crippen molar-refractivity contribution in [2.45, 2.75) is 43.8 Å². The Morgan fingerprint density at radius 3 is 2.31 bits per heavy atom. The van der Waals surface area contributed by atoms with Gasteiger partial charge in [0, 0.05) is 50.4 Å². The van der Waals surface area contributed by atoms with Gasteiger partial charge in [0.05, 0.1) is 5.54 Å². The zero-order valence-electron chi connectivity index (χ0n) is 15.8. The Labute approximate surface area is 165 Å². The van der Waals surface area contributed by atoms with Gasteiger partial charge in [-0.25, -0.2) is 14.8 Å².